The summed E-state index contributed by atoms with van der Waals surface area (Å²) in [5.74, 6) is 5.33. The molecule has 2 nitrogen and oxygen atoms in total. The van der Waals surface area contributed by atoms with Crippen molar-refractivity contribution >= 4 is 27.7 Å². The van der Waals surface area contributed by atoms with Gasteiger partial charge in [-0.2, -0.15) is 0 Å². The number of fused-ring (bicyclic) bond motifs is 7. The van der Waals surface area contributed by atoms with Gasteiger partial charge in [-0.25, -0.2) is 4.98 Å². The third-order valence-electron chi connectivity index (χ3n) is 11.8. The van der Waals surface area contributed by atoms with E-state index in [1.54, 1.807) is 5.57 Å². The number of aromatic nitrogens is 1. The van der Waals surface area contributed by atoms with E-state index in [-0.39, 0.29) is 0 Å². The lowest BCUT2D eigenvalue weighted by atomic mass is 9.47. The molecule has 0 saturated heterocycles. The highest BCUT2D eigenvalue weighted by atomic mass is 32.1. The van der Waals surface area contributed by atoms with Crippen molar-refractivity contribution in [2.75, 3.05) is 5.32 Å². The number of hydrogen-bond acceptors (Lipinski definition) is 3. The Kier molecular flexibility index (Phi) is 7.07. The lowest BCUT2D eigenvalue weighted by molar-refractivity contribution is -0.0392. The first-order valence-corrected chi connectivity index (χ1v) is 16.5. The third kappa shape index (κ3) is 4.49. The zero-order valence-corrected chi connectivity index (χ0v) is 25.6. The van der Waals surface area contributed by atoms with Crippen molar-refractivity contribution in [1.82, 2.24) is 4.98 Å². The van der Waals surface area contributed by atoms with Crippen molar-refractivity contribution in [2.45, 2.75) is 106 Å². The second-order valence-corrected chi connectivity index (χ2v) is 15.5. The molecule has 0 spiro atoms. The summed E-state index contributed by atoms with van der Waals surface area (Å²) < 4.78 is 0. The first-order chi connectivity index (χ1) is 18.2. The van der Waals surface area contributed by atoms with Gasteiger partial charge in [-0.05, 0) is 116 Å². The second-order valence-electron chi connectivity index (χ2n) is 14.5. The van der Waals surface area contributed by atoms with Crippen LogP contribution in [0.1, 0.15) is 109 Å². The highest BCUT2D eigenvalue weighted by molar-refractivity contribution is 7.16. The summed E-state index contributed by atoms with van der Waals surface area (Å²) in [6.07, 6.45) is 16.5. The van der Waals surface area contributed by atoms with E-state index >= 15 is 0 Å². The predicted molar refractivity (Wildman–Crippen MR) is 164 cm³/mol. The number of rotatable bonds is 7. The molecule has 206 valence electrons. The molecule has 0 aliphatic heterocycles. The Morgan fingerprint density at radius 3 is 2.55 bits per heavy atom. The van der Waals surface area contributed by atoms with Crippen molar-refractivity contribution in [2.24, 2.45) is 46.3 Å². The Bertz CT molecular complexity index is 1180. The van der Waals surface area contributed by atoms with Crippen molar-refractivity contribution < 1.29 is 0 Å². The van der Waals surface area contributed by atoms with Crippen LogP contribution in [0.2, 0.25) is 0 Å². The summed E-state index contributed by atoms with van der Waals surface area (Å²) in [5.41, 5.74) is 6.31. The zero-order valence-electron chi connectivity index (χ0n) is 24.8. The Balaban J connectivity index is 1.21. The molecule has 2 aromatic rings. The fraction of sp³-hybridized carbons (Fsp3) is 0.686. The maximum Gasteiger partial charge on any atom is 0.187 e. The number of anilines is 2. The maximum absolute atomic E-state index is 5.09. The third-order valence-corrected chi connectivity index (χ3v) is 12.8. The summed E-state index contributed by atoms with van der Waals surface area (Å²) in [4.78, 5) is 6.58. The largest absolute Gasteiger partial charge is 0.332 e. The van der Waals surface area contributed by atoms with Gasteiger partial charge >= 0.3 is 0 Å². The second kappa shape index (κ2) is 10.1. The predicted octanol–water partition coefficient (Wildman–Crippen LogP) is 10.5. The molecule has 1 aromatic heterocycles. The summed E-state index contributed by atoms with van der Waals surface area (Å²) >= 11 is 1.90. The van der Waals surface area contributed by atoms with E-state index in [9.17, 15) is 0 Å². The molecule has 2 saturated carbocycles. The number of allylic oxidation sites excluding steroid dienone is 2. The van der Waals surface area contributed by atoms with Crippen LogP contribution in [0, 0.1) is 53.3 Å². The van der Waals surface area contributed by atoms with Crippen LogP contribution in [0.5, 0.6) is 0 Å². The summed E-state index contributed by atoms with van der Waals surface area (Å²) in [6, 6.07) is 8.69. The molecule has 4 aliphatic rings. The Labute approximate surface area is 236 Å². The van der Waals surface area contributed by atoms with Gasteiger partial charge in [0, 0.05) is 5.69 Å². The number of hydrogen-bond donors (Lipinski definition) is 1. The minimum Gasteiger partial charge on any atom is -0.332 e. The molecule has 2 fully saturated rings. The average Bonchev–Trinajstić information content (AvgIpc) is 3.45. The minimum atomic E-state index is 0.325. The number of benzene rings is 1. The molecule has 7 unspecified atom stereocenters. The van der Waals surface area contributed by atoms with Gasteiger partial charge in [-0.1, -0.05) is 89.0 Å². The summed E-state index contributed by atoms with van der Waals surface area (Å²) in [7, 11) is 0. The van der Waals surface area contributed by atoms with Gasteiger partial charge < -0.3 is 5.32 Å². The molecule has 1 heterocycles. The molecule has 0 radical (unpaired) electrons. The van der Waals surface area contributed by atoms with E-state index < -0.39 is 0 Å². The SMILES string of the molecule is Cc1ccc(Nc2nc3c(s2)C2=CCC4C(CCC5(C)C(C(C)CCCC(C)C)CCC45)C2(C)CC3)cc1. The molecule has 4 aliphatic carbocycles. The van der Waals surface area contributed by atoms with Crippen molar-refractivity contribution in [3.05, 3.63) is 46.5 Å². The lowest BCUT2D eigenvalue weighted by Crippen LogP contribution is -2.49. The van der Waals surface area contributed by atoms with E-state index in [2.05, 4.69) is 77.2 Å². The van der Waals surface area contributed by atoms with E-state index in [1.165, 1.54) is 73.9 Å². The number of aryl methyl sites for hydroxylation is 2. The van der Waals surface area contributed by atoms with Gasteiger partial charge in [0.2, 0.25) is 0 Å². The Morgan fingerprint density at radius 1 is 1.00 bits per heavy atom. The monoisotopic (exact) mass is 530 g/mol. The van der Waals surface area contributed by atoms with Crippen LogP contribution in [-0.4, -0.2) is 4.98 Å². The van der Waals surface area contributed by atoms with Gasteiger partial charge in [0.15, 0.2) is 5.13 Å². The summed E-state index contributed by atoms with van der Waals surface area (Å²) in [6.45, 7) is 14.9. The Hall–Kier alpha value is -1.61. The number of nitrogens with one attached hydrogen (secondary N) is 1. The van der Waals surface area contributed by atoms with Crippen LogP contribution in [-0.2, 0) is 6.42 Å². The summed E-state index contributed by atoms with van der Waals surface area (Å²) in [5, 5.41) is 4.67. The molecule has 3 heteroatoms. The Morgan fingerprint density at radius 2 is 1.79 bits per heavy atom. The van der Waals surface area contributed by atoms with Gasteiger partial charge in [0.1, 0.15) is 0 Å². The molecular weight excluding hydrogens is 480 g/mol. The fourth-order valence-electron chi connectivity index (χ4n) is 9.71. The minimum absolute atomic E-state index is 0.325. The quantitative estimate of drug-likeness (QED) is 0.385. The molecule has 7 atom stereocenters. The molecule has 1 N–H and O–H groups in total. The van der Waals surface area contributed by atoms with E-state index in [1.807, 2.05) is 11.3 Å². The van der Waals surface area contributed by atoms with Crippen LogP contribution in [0.3, 0.4) is 0 Å². The number of nitrogens with zero attached hydrogens (tertiary/aromatic N) is 1. The standard InChI is InChI=1S/C35H50N2S/c1-22(2)8-7-9-24(4)27-16-17-28-26-14-15-30-32-31(19-21-35(30,6)29(26)18-20-34(27,28)5)37-33(38-32)36-25-12-10-23(3)11-13-25/h10-13,15,22,24,26-29H,7-9,14,16-21H2,1-6H3,(H,36,37). The lowest BCUT2D eigenvalue weighted by Gasteiger charge is -2.57. The van der Waals surface area contributed by atoms with Crippen LogP contribution >= 0.6 is 11.3 Å². The molecule has 0 bridgehead atoms. The van der Waals surface area contributed by atoms with Gasteiger partial charge in [-0.3, -0.25) is 0 Å². The average molecular weight is 531 g/mol. The molecule has 38 heavy (non-hydrogen) atoms. The van der Waals surface area contributed by atoms with Crippen LogP contribution in [0.25, 0.3) is 5.57 Å². The van der Waals surface area contributed by atoms with E-state index in [4.69, 9.17) is 4.98 Å². The first kappa shape index (κ1) is 26.6. The smallest absolute Gasteiger partial charge is 0.187 e. The van der Waals surface area contributed by atoms with Crippen LogP contribution in [0.4, 0.5) is 10.8 Å². The highest BCUT2D eigenvalue weighted by Gasteiger charge is 2.59. The number of thiazole rings is 1. The van der Waals surface area contributed by atoms with Crippen LogP contribution < -0.4 is 5.32 Å². The molecule has 6 rings (SSSR count). The van der Waals surface area contributed by atoms with E-state index in [0.29, 0.717) is 10.8 Å². The van der Waals surface area contributed by atoms with Gasteiger partial charge in [0.25, 0.3) is 0 Å². The van der Waals surface area contributed by atoms with Crippen LogP contribution in [0.15, 0.2) is 30.3 Å². The van der Waals surface area contributed by atoms with Gasteiger partial charge in [0.05, 0.1) is 10.6 Å². The van der Waals surface area contributed by atoms with Crippen molar-refractivity contribution in [3.8, 4) is 0 Å². The zero-order chi connectivity index (χ0) is 26.7. The van der Waals surface area contributed by atoms with Gasteiger partial charge in [-0.15, -0.1) is 0 Å². The topological polar surface area (TPSA) is 24.9 Å². The maximum atomic E-state index is 5.09. The molecule has 0 amide bonds. The highest BCUT2D eigenvalue weighted by Crippen LogP contribution is 2.68. The first-order valence-electron chi connectivity index (χ1n) is 15.7. The van der Waals surface area contributed by atoms with E-state index in [0.717, 1.165) is 52.7 Å². The van der Waals surface area contributed by atoms with Crippen molar-refractivity contribution in [3.63, 3.8) is 0 Å². The molecular formula is C35H50N2S. The van der Waals surface area contributed by atoms with Crippen molar-refractivity contribution in [1.29, 1.82) is 0 Å². The fourth-order valence-corrected chi connectivity index (χ4v) is 10.9. The normalized spacial score (nSPS) is 34.7. The molecule has 1 aromatic carbocycles.